The summed E-state index contributed by atoms with van der Waals surface area (Å²) < 4.78 is 0. The van der Waals surface area contributed by atoms with E-state index in [9.17, 15) is 0 Å². The SMILES string of the molecule is CC(NCCC1CCNCC1)c1nccs1. The van der Waals surface area contributed by atoms with Gasteiger partial charge in [0.25, 0.3) is 0 Å². The molecule has 2 heterocycles. The van der Waals surface area contributed by atoms with Crippen LogP contribution in [0.2, 0.25) is 0 Å². The molecule has 1 fully saturated rings. The topological polar surface area (TPSA) is 37.0 Å². The van der Waals surface area contributed by atoms with E-state index in [0.717, 1.165) is 12.5 Å². The highest BCUT2D eigenvalue weighted by atomic mass is 32.1. The van der Waals surface area contributed by atoms with Crippen LogP contribution in [0.25, 0.3) is 0 Å². The van der Waals surface area contributed by atoms with Gasteiger partial charge in [-0.2, -0.15) is 0 Å². The molecule has 1 aliphatic rings. The van der Waals surface area contributed by atoms with E-state index in [1.807, 2.05) is 11.6 Å². The maximum absolute atomic E-state index is 4.33. The molecule has 0 radical (unpaired) electrons. The summed E-state index contributed by atoms with van der Waals surface area (Å²) in [6.07, 6.45) is 5.86. The van der Waals surface area contributed by atoms with Crippen molar-refractivity contribution in [1.82, 2.24) is 15.6 Å². The van der Waals surface area contributed by atoms with Gasteiger partial charge in [0.1, 0.15) is 5.01 Å². The third kappa shape index (κ3) is 3.54. The molecule has 1 aliphatic heterocycles. The standard InChI is InChI=1S/C12H21N3S/c1-10(12-15-8-9-16-12)14-7-4-11-2-5-13-6-3-11/h8-11,13-14H,2-7H2,1H3. The minimum Gasteiger partial charge on any atom is -0.317 e. The lowest BCUT2D eigenvalue weighted by atomic mass is 9.95. The van der Waals surface area contributed by atoms with Crippen LogP contribution in [0.15, 0.2) is 11.6 Å². The fourth-order valence-electron chi connectivity index (χ4n) is 2.21. The van der Waals surface area contributed by atoms with Gasteiger partial charge in [-0.05, 0) is 51.7 Å². The molecule has 0 saturated carbocycles. The second-order valence-corrected chi connectivity index (χ2v) is 5.45. The number of hydrogen-bond acceptors (Lipinski definition) is 4. The Morgan fingerprint density at radius 3 is 3.06 bits per heavy atom. The minimum atomic E-state index is 0.404. The van der Waals surface area contributed by atoms with Crippen LogP contribution in [-0.2, 0) is 0 Å². The number of hydrogen-bond donors (Lipinski definition) is 2. The summed E-state index contributed by atoms with van der Waals surface area (Å²) in [4.78, 5) is 4.33. The van der Waals surface area contributed by atoms with Gasteiger partial charge in [-0.25, -0.2) is 4.98 Å². The number of thiazole rings is 1. The smallest absolute Gasteiger partial charge is 0.109 e. The molecule has 4 heteroatoms. The molecule has 16 heavy (non-hydrogen) atoms. The van der Waals surface area contributed by atoms with E-state index in [1.165, 1.54) is 37.4 Å². The second kappa shape index (κ2) is 6.33. The minimum absolute atomic E-state index is 0.404. The van der Waals surface area contributed by atoms with Crippen molar-refractivity contribution in [3.8, 4) is 0 Å². The molecule has 0 amide bonds. The van der Waals surface area contributed by atoms with Gasteiger partial charge in [-0.15, -0.1) is 11.3 Å². The number of piperidine rings is 1. The van der Waals surface area contributed by atoms with Gasteiger partial charge in [0.05, 0.1) is 6.04 Å². The fraction of sp³-hybridized carbons (Fsp3) is 0.750. The zero-order valence-corrected chi connectivity index (χ0v) is 10.7. The van der Waals surface area contributed by atoms with Gasteiger partial charge in [0.2, 0.25) is 0 Å². The lowest BCUT2D eigenvalue weighted by Gasteiger charge is -2.23. The summed E-state index contributed by atoms with van der Waals surface area (Å²) in [5.41, 5.74) is 0. The zero-order valence-electron chi connectivity index (χ0n) is 9.91. The summed E-state index contributed by atoms with van der Waals surface area (Å²) in [5.74, 6) is 0.914. The first kappa shape index (κ1) is 12.0. The van der Waals surface area contributed by atoms with Crippen LogP contribution in [0.1, 0.15) is 37.2 Å². The molecular formula is C12H21N3S. The van der Waals surface area contributed by atoms with Crippen molar-refractivity contribution < 1.29 is 0 Å². The van der Waals surface area contributed by atoms with Crippen LogP contribution in [0.4, 0.5) is 0 Å². The molecule has 2 rings (SSSR count). The summed E-state index contributed by atoms with van der Waals surface area (Å²) in [5, 5.41) is 10.2. The molecule has 0 aromatic carbocycles. The molecule has 2 N–H and O–H groups in total. The van der Waals surface area contributed by atoms with Gasteiger partial charge in [0.15, 0.2) is 0 Å². The molecule has 1 unspecified atom stereocenters. The zero-order chi connectivity index (χ0) is 11.2. The molecular weight excluding hydrogens is 218 g/mol. The molecule has 1 aromatic rings. The van der Waals surface area contributed by atoms with Crippen LogP contribution in [0.5, 0.6) is 0 Å². The summed E-state index contributed by atoms with van der Waals surface area (Å²) in [6, 6.07) is 0.404. The first-order valence-corrected chi connectivity index (χ1v) is 7.07. The van der Waals surface area contributed by atoms with Crippen molar-refractivity contribution in [2.24, 2.45) is 5.92 Å². The van der Waals surface area contributed by atoms with Crippen LogP contribution in [-0.4, -0.2) is 24.6 Å². The lowest BCUT2D eigenvalue weighted by molar-refractivity contribution is 0.343. The first-order chi connectivity index (χ1) is 7.86. The Morgan fingerprint density at radius 2 is 2.38 bits per heavy atom. The van der Waals surface area contributed by atoms with Crippen LogP contribution < -0.4 is 10.6 Å². The van der Waals surface area contributed by atoms with Gasteiger partial charge >= 0.3 is 0 Å². The van der Waals surface area contributed by atoms with Gasteiger partial charge in [0, 0.05) is 11.6 Å². The molecule has 0 aliphatic carbocycles. The molecule has 90 valence electrons. The largest absolute Gasteiger partial charge is 0.317 e. The Kier molecular flexibility index (Phi) is 4.75. The van der Waals surface area contributed by atoms with Crippen molar-refractivity contribution in [3.63, 3.8) is 0 Å². The Balaban J connectivity index is 1.63. The normalized spacial score (nSPS) is 19.8. The molecule has 1 aromatic heterocycles. The molecule has 1 saturated heterocycles. The Morgan fingerprint density at radius 1 is 1.56 bits per heavy atom. The third-order valence-corrected chi connectivity index (χ3v) is 4.24. The molecule has 0 spiro atoms. The van der Waals surface area contributed by atoms with Crippen LogP contribution in [0.3, 0.4) is 0 Å². The molecule has 1 atom stereocenters. The molecule has 0 bridgehead atoms. The lowest BCUT2D eigenvalue weighted by Crippen LogP contribution is -2.30. The van der Waals surface area contributed by atoms with Crippen molar-refractivity contribution >= 4 is 11.3 Å². The summed E-state index contributed by atoms with van der Waals surface area (Å²) >= 11 is 1.73. The number of nitrogens with zero attached hydrogens (tertiary/aromatic N) is 1. The average molecular weight is 239 g/mol. The predicted molar refractivity (Wildman–Crippen MR) is 68.7 cm³/mol. The predicted octanol–water partition coefficient (Wildman–Crippen LogP) is 2.18. The van der Waals surface area contributed by atoms with E-state index in [2.05, 4.69) is 22.5 Å². The summed E-state index contributed by atoms with van der Waals surface area (Å²) in [7, 11) is 0. The van der Waals surface area contributed by atoms with E-state index in [1.54, 1.807) is 11.3 Å². The highest BCUT2D eigenvalue weighted by Crippen LogP contribution is 2.17. The van der Waals surface area contributed by atoms with E-state index in [0.29, 0.717) is 6.04 Å². The van der Waals surface area contributed by atoms with Gasteiger partial charge in [-0.3, -0.25) is 0 Å². The van der Waals surface area contributed by atoms with E-state index < -0.39 is 0 Å². The Hall–Kier alpha value is -0.450. The Labute approximate surface area is 102 Å². The highest BCUT2D eigenvalue weighted by molar-refractivity contribution is 7.09. The fourth-order valence-corrected chi connectivity index (χ4v) is 2.88. The average Bonchev–Trinajstić information content (AvgIpc) is 2.84. The van der Waals surface area contributed by atoms with E-state index >= 15 is 0 Å². The van der Waals surface area contributed by atoms with Gasteiger partial charge < -0.3 is 10.6 Å². The van der Waals surface area contributed by atoms with Crippen LogP contribution in [0, 0.1) is 5.92 Å². The number of nitrogens with one attached hydrogen (secondary N) is 2. The number of rotatable bonds is 5. The van der Waals surface area contributed by atoms with Crippen LogP contribution >= 0.6 is 11.3 Å². The monoisotopic (exact) mass is 239 g/mol. The van der Waals surface area contributed by atoms with E-state index in [4.69, 9.17) is 0 Å². The van der Waals surface area contributed by atoms with Gasteiger partial charge in [-0.1, -0.05) is 0 Å². The van der Waals surface area contributed by atoms with Crippen molar-refractivity contribution in [3.05, 3.63) is 16.6 Å². The highest BCUT2D eigenvalue weighted by Gasteiger charge is 2.13. The maximum atomic E-state index is 4.33. The Bertz CT molecular complexity index is 280. The van der Waals surface area contributed by atoms with E-state index in [-0.39, 0.29) is 0 Å². The second-order valence-electron chi connectivity index (χ2n) is 4.53. The first-order valence-electron chi connectivity index (χ1n) is 6.20. The summed E-state index contributed by atoms with van der Waals surface area (Å²) in [6.45, 7) is 5.71. The quantitative estimate of drug-likeness (QED) is 0.827. The molecule has 3 nitrogen and oxygen atoms in total. The van der Waals surface area contributed by atoms with Crippen molar-refractivity contribution in [2.75, 3.05) is 19.6 Å². The van der Waals surface area contributed by atoms with Crippen molar-refractivity contribution in [2.45, 2.75) is 32.2 Å². The third-order valence-electron chi connectivity index (χ3n) is 3.28. The maximum Gasteiger partial charge on any atom is 0.109 e. The number of aromatic nitrogens is 1. The van der Waals surface area contributed by atoms with Crippen molar-refractivity contribution in [1.29, 1.82) is 0 Å².